The van der Waals surface area contributed by atoms with E-state index in [1.165, 1.54) is 44.9 Å². The molecule has 0 aromatic rings. The maximum absolute atomic E-state index is 2.31. The van der Waals surface area contributed by atoms with Crippen LogP contribution in [0.15, 0.2) is 12.2 Å². The second-order valence-electron chi connectivity index (χ2n) is 3.08. The quantitative estimate of drug-likeness (QED) is 0.378. The lowest BCUT2D eigenvalue weighted by molar-refractivity contribution is 0.637. The third-order valence-electron chi connectivity index (χ3n) is 1.88. The molecular weight excluding hydrogens is 132 g/mol. The Morgan fingerprint density at radius 3 is 2.18 bits per heavy atom. The summed E-state index contributed by atoms with van der Waals surface area (Å²) in [5.41, 5.74) is 0. The van der Waals surface area contributed by atoms with Crippen LogP contribution in [0.2, 0.25) is 0 Å². The average molecular weight is 154 g/mol. The molecule has 0 heteroatoms. The number of unbranched alkanes of at least 4 members (excludes halogenated alkanes) is 5. The zero-order chi connectivity index (χ0) is 8.36. The lowest BCUT2D eigenvalue weighted by Crippen LogP contribution is -1.75. The molecule has 0 saturated carbocycles. The van der Waals surface area contributed by atoms with Crippen molar-refractivity contribution in [1.29, 1.82) is 0 Å². The van der Waals surface area contributed by atoms with E-state index in [1.807, 2.05) is 0 Å². The van der Waals surface area contributed by atoms with Crippen LogP contribution in [0.5, 0.6) is 0 Å². The van der Waals surface area contributed by atoms with Gasteiger partial charge in [0.1, 0.15) is 0 Å². The summed E-state index contributed by atoms with van der Waals surface area (Å²) < 4.78 is 0. The highest BCUT2D eigenvalue weighted by atomic mass is 13.9. The molecule has 0 N–H and O–H groups in total. The molecule has 0 heterocycles. The van der Waals surface area contributed by atoms with Crippen molar-refractivity contribution in [3.63, 3.8) is 0 Å². The van der Waals surface area contributed by atoms with Crippen LogP contribution >= 0.6 is 0 Å². The zero-order valence-corrected chi connectivity index (χ0v) is 8.10. The Morgan fingerprint density at radius 2 is 1.55 bits per heavy atom. The molecule has 0 radical (unpaired) electrons. The fourth-order valence-corrected chi connectivity index (χ4v) is 1.15. The van der Waals surface area contributed by atoms with Gasteiger partial charge in [-0.25, -0.2) is 0 Å². The van der Waals surface area contributed by atoms with Crippen LogP contribution in [0, 0.1) is 0 Å². The second kappa shape index (κ2) is 9.74. The van der Waals surface area contributed by atoms with Crippen LogP contribution in [0.25, 0.3) is 0 Å². The van der Waals surface area contributed by atoms with Crippen molar-refractivity contribution < 1.29 is 0 Å². The Morgan fingerprint density at radius 1 is 0.818 bits per heavy atom. The maximum Gasteiger partial charge on any atom is -0.0351 e. The minimum Gasteiger partial charge on any atom is -0.0888 e. The van der Waals surface area contributed by atoms with E-state index in [2.05, 4.69) is 26.0 Å². The summed E-state index contributed by atoms with van der Waals surface area (Å²) in [4.78, 5) is 0. The second-order valence-corrected chi connectivity index (χ2v) is 3.08. The first-order chi connectivity index (χ1) is 5.41. The Kier molecular flexibility index (Phi) is 9.51. The van der Waals surface area contributed by atoms with Crippen molar-refractivity contribution in [3.8, 4) is 0 Å². The highest BCUT2D eigenvalue weighted by Crippen LogP contribution is 2.05. The minimum absolute atomic E-state index is 1.19. The Hall–Kier alpha value is -0.260. The number of hydrogen-bond acceptors (Lipinski definition) is 0. The van der Waals surface area contributed by atoms with Crippen molar-refractivity contribution in [2.24, 2.45) is 0 Å². The molecule has 0 aromatic carbocycles. The molecule has 0 unspecified atom stereocenters. The monoisotopic (exact) mass is 154 g/mol. The molecule has 0 amide bonds. The van der Waals surface area contributed by atoms with Gasteiger partial charge in [-0.15, -0.1) is 0 Å². The van der Waals surface area contributed by atoms with E-state index in [0.29, 0.717) is 0 Å². The number of allylic oxidation sites excluding steroid dienone is 2. The minimum atomic E-state index is 1.19. The van der Waals surface area contributed by atoms with Crippen LogP contribution < -0.4 is 0 Å². The summed E-state index contributed by atoms with van der Waals surface area (Å²) in [7, 11) is 0. The highest BCUT2D eigenvalue weighted by Gasteiger charge is 1.85. The smallest absolute Gasteiger partial charge is 0.0351 e. The summed E-state index contributed by atoms with van der Waals surface area (Å²) in [6.45, 7) is 4.45. The molecular formula is C11H22. The van der Waals surface area contributed by atoms with Crippen molar-refractivity contribution in [2.45, 2.75) is 58.8 Å². The third-order valence-corrected chi connectivity index (χ3v) is 1.88. The summed E-state index contributed by atoms with van der Waals surface area (Å²) in [6.07, 6.45) is 14.1. The van der Waals surface area contributed by atoms with Gasteiger partial charge < -0.3 is 0 Å². The van der Waals surface area contributed by atoms with Crippen LogP contribution in [0.4, 0.5) is 0 Å². The van der Waals surface area contributed by atoms with Gasteiger partial charge in [0.25, 0.3) is 0 Å². The lowest BCUT2D eigenvalue weighted by atomic mass is 10.1. The zero-order valence-electron chi connectivity index (χ0n) is 8.10. The summed E-state index contributed by atoms with van der Waals surface area (Å²) >= 11 is 0. The third kappa shape index (κ3) is 9.74. The largest absolute Gasteiger partial charge is 0.0888 e. The Balaban J connectivity index is 2.85. The van der Waals surface area contributed by atoms with Crippen molar-refractivity contribution in [1.82, 2.24) is 0 Å². The molecule has 0 aliphatic carbocycles. The molecule has 0 atom stereocenters. The van der Waals surface area contributed by atoms with Gasteiger partial charge in [0.05, 0.1) is 0 Å². The summed E-state index contributed by atoms with van der Waals surface area (Å²) in [5, 5.41) is 0. The van der Waals surface area contributed by atoms with E-state index >= 15 is 0 Å². The van der Waals surface area contributed by atoms with E-state index < -0.39 is 0 Å². The molecule has 0 saturated heterocycles. The molecule has 0 fully saturated rings. The van der Waals surface area contributed by atoms with Crippen LogP contribution in [0.1, 0.15) is 58.8 Å². The molecule has 0 aromatic heterocycles. The molecule has 0 nitrogen and oxygen atoms in total. The molecule has 0 rings (SSSR count). The number of hydrogen-bond donors (Lipinski definition) is 0. The Labute approximate surface area is 71.7 Å². The highest BCUT2D eigenvalue weighted by molar-refractivity contribution is 4.79. The fraction of sp³-hybridized carbons (Fsp3) is 0.818. The SMILES string of the molecule is CC/C=C/CCCCCCC. The first-order valence-electron chi connectivity index (χ1n) is 5.06. The van der Waals surface area contributed by atoms with E-state index in [4.69, 9.17) is 0 Å². The van der Waals surface area contributed by atoms with Gasteiger partial charge in [0.2, 0.25) is 0 Å². The fourth-order valence-electron chi connectivity index (χ4n) is 1.15. The van der Waals surface area contributed by atoms with Gasteiger partial charge in [-0.3, -0.25) is 0 Å². The van der Waals surface area contributed by atoms with Crippen LogP contribution in [-0.2, 0) is 0 Å². The van der Waals surface area contributed by atoms with Gasteiger partial charge in [0, 0.05) is 0 Å². The van der Waals surface area contributed by atoms with Gasteiger partial charge in [0.15, 0.2) is 0 Å². The van der Waals surface area contributed by atoms with Crippen LogP contribution in [-0.4, -0.2) is 0 Å². The topological polar surface area (TPSA) is 0 Å². The molecule has 0 aliphatic rings. The van der Waals surface area contributed by atoms with Gasteiger partial charge >= 0.3 is 0 Å². The summed E-state index contributed by atoms with van der Waals surface area (Å²) in [6, 6.07) is 0. The van der Waals surface area contributed by atoms with E-state index in [-0.39, 0.29) is 0 Å². The van der Waals surface area contributed by atoms with E-state index in [0.717, 1.165) is 0 Å². The maximum atomic E-state index is 2.31. The standard InChI is InChI=1S/C11H22/c1-3-5-7-9-11-10-8-6-4-2/h5,7H,3-4,6,8-11H2,1-2H3/b7-5+. The molecule has 0 bridgehead atoms. The first-order valence-corrected chi connectivity index (χ1v) is 5.06. The molecule has 66 valence electrons. The number of rotatable bonds is 7. The predicted octanol–water partition coefficient (Wildman–Crippen LogP) is 4.31. The normalized spacial score (nSPS) is 11.1. The first kappa shape index (κ1) is 10.7. The van der Waals surface area contributed by atoms with E-state index in [9.17, 15) is 0 Å². The lowest BCUT2D eigenvalue weighted by Gasteiger charge is -1.95. The average Bonchev–Trinajstić information content (AvgIpc) is 2.03. The van der Waals surface area contributed by atoms with Gasteiger partial charge in [-0.1, -0.05) is 51.7 Å². The van der Waals surface area contributed by atoms with Crippen molar-refractivity contribution in [2.75, 3.05) is 0 Å². The van der Waals surface area contributed by atoms with Crippen molar-refractivity contribution >= 4 is 0 Å². The van der Waals surface area contributed by atoms with Crippen LogP contribution in [0.3, 0.4) is 0 Å². The molecule has 11 heavy (non-hydrogen) atoms. The molecule has 0 spiro atoms. The van der Waals surface area contributed by atoms with Crippen molar-refractivity contribution in [3.05, 3.63) is 12.2 Å². The van der Waals surface area contributed by atoms with Gasteiger partial charge in [-0.2, -0.15) is 0 Å². The predicted molar refractivity (Wildman–Crippen MR) is 52.8 cm³/mol. The Bertz CT molecular complexity index is 82.0. The van der Waals surface area contributed by atoms with Gasteiger partial charge in [-0.05, 0) is 19.3 Å². The summed E-state index contributed by atoms with van der Waals surface area (Å²) in [5.74, 6) is 0. The van der Waals surface area contributed by atoms with E-state index in [1.54, 1.807) is 0 Å². The molecule has 0 aliphatic heterocycles.